The molecule has 1 unspecified atom stereocenters. The summed E-state index contributed by atoms with van der Waals surface area (Å²) in [7, 11) is 1.86. The van der Waals surface area contributed by atoms with Crippen LogP contribution in [0.5, 0.6) is 0 Å². The number of fused-ring (bicyclic) bond motifs is 1. The van der Waals surface area contributed by atoms with Crippen molar-refractivity contribution in [1.82, 2.24) is 10.2 Å². The zero-order valence-electron chi connectivity index (χ0n) is 12.1. The van der Waals surface area contributed by atoms with Gasteiger partial charge in [0.05, 0.1) is 0 Å². The van der Waals surface area contributed by atoms with Crippen LogP contribution in [0.1, 0.15) is 42.9 Å². The standard InChI is InChI=1S/C17H22N2O/c1-12-11-19(13-7-3-4-8-13)17(20)16(18-2)15-10-6-5-9-14(12)15/h5-6,9-10,13,16,18H,1,3-4,7-8,11H2,2H3. The van der Waals surface area contributed by atoms with Crippen molar-refractivity contribution in [1.29, 1.82) is 0 Å². The van der Waals surface area contributed by atoms with Gasteiger partial charge < -0.3 is 10.2 Å². The molecule has 1 aromatic carbocycles. The maximum absolute atomic E-state index is 12.9. The van der Waals surface area contributed by atoms with Crippen LogP contribution in [0.4, 0.5) is 0 Å². The maximum atomic E-state index is 12.9. The van der Waals surface area contributed by atoms with E-state index in [1.54, 1.807) is 0 Å². The highest BCUT2D eigenvalue weighted by molar-refractivity contribution is 5.89. The highest BCUT2D eigenvalue weighted by Gasteiger charge is 2.35. The minimum atomic E-state index is -0.244. The highest BCUT2D eigenvalue weighted by atomic mass is 16.2. The van der Waals surface area contributed by atoms with Gasteiger partial charge in [-0.3, -0.25) is 4.79 Å². The largest absolute Gasteiger partial charge is 0.334 e. The lowest BCUT2D eigenvalue weighted by Crippen LogP contribution is -2.44. The number of benzene rings is 1. The van der Waals surface area contributed by atoms with Crippen molar-refractivity contribution in [2.24, 2.45) is 0 Å². The van der Waals surface area contributed by atoms with Crippen molar-refractivity contribution >= 4 is 11.5 Å². The Morgan fingerprint density at radius 3 is 2.65 bits per heavy atom. The van der Waals surface area contributed by atoms with E-state index in [1.165, 1.54) is 12.8 Å². The van der Waals surface area contributed by atoms with Crippen molar-refractivity contribution in [2.45, 2.75) is 37.8 Å². The third kappa shape index (κ3) is 2.16. The van der Waals surface area contributed by atoms with E-state index in [2.05, 4.69) is 22.9 Å². The van der Waals surface area contributed by atoms with Gasteiger partial charge in [-0.05, 0) is 36.6 Å². The van der Waals surface area contributed by atoms with E-state index < -0.39 is 0 Å². The summed E-state index contributed by atoms with van der Waals surface area (Å²) in [4.78, 5) is 14.9. The van der Waals surface area contributed by atoms with E-state index in [1.807, 2.05) is 25.2 Å². The van der Waals surface area contributed by atoms with Gasteiger partial charge in [-0.25, -0.2) is 0 Å². The molecule has 20 heavy (non-hydrogen) atoms. The summed E-state index contributed by atoms with van der Waals surface area (Å²) in [5, 5.41) is 3.19. The fraction of sp³-hybridized carbons (Fsp3) is 0.471. The number of rotatable bonds is 2. The number of carbonyl (C=O) groups is 1. The van der Waals surface area contributed by atoms with Crippen molar-refractivity contribution in [2.75, 3.05) is 13.6 Å². The van der Waals surface area contributed by atoms with Gasteiger partial charge in [0.1, 0.15) is 6.04 Å². The summed E-state index contributed by atoms with van der Waals surface area (Å²) in [6.07, 6.45) is 4.73. The molecule has 3 rings (SSSR count). The first-order valence-electron chi connectivity index (χ1n) is 7.47. The number of hydrogen-bond acceptors (Lipinski definition) is 2. The molecule has 1 saturated carbocycles. The molecule has 0 saturated heterocycles. The first kappa shape index (κ1) is 13.4. The summed E-state index contributed by atoms with van der Waals surface area (Å²) >= 11 is 0. The lowest BCUT2D eigenvalue weighted by atomic mass is 9.97. The quantitative estimate of drug-likeness (QED) is 0.896. The average molecular weight is 270 g/mol. The van der Waals surface area contributed by atoms with Crippen molar-refractivity contribution in [3.8, 4) is 0 Å². The molecule has 0 spiro atoms. The SMILES string of the molecule is C=C1CN(C2CCCC2)C(=O)C(NC)c2ccccc21. The van der Waals surface area contributed by atoms with Gasteiger partial charge in [0, 0.05) is 12.6 Å². The predicted molar refractivity (Wildman–Crippen MR) is 81.2 cm³/mol. The second-order valence-corrected chi connectivity index (χ2v) is 5.82. The average Bonchev–Trinajstić information content (AvgIpc) is 2.96. The molecular formula is C17H22N2O. The van der Waals surface area contributed by atoms with Crippen LogP contribution < -0.4 is 5.32 Å². The van der Waals surface area contributed by atoms with Crippen LogP contribution in [-0.4, -0.2) is 30.4 Å². The predicted octanol–water partition coefficient (Wildman–Crippen LogP) is 2.75. The number of nitrogens with one attached hydrogen (secondary N) is 1. The van der Waals surface area contributed by atoms with Gasteiger partial charge in [0.15, 0.2) is 0 Å². The topological polar surface area (TPSA) is 32.3 Å². The number of carbonyl (C=O) groups excluding carboxylic acids is 1. The van der Waals surface area contributed by atoms with Gasteiger partial charge in [0.2, 0.25) is 5.91 Å². The molecule has 1 N–H and O–H groups in total. The molecule has 1 aliphatic carbocycles. The van der Waals surface area contributed by atoms with E-state index in [9.17, 15) is 4.79 Å². The summed E-state index contributed by atoms with van der Waals surface area (Å²) in [5.74, 6) is 0.200. The Balaban J connectivity index is 2.01. The summed E-state index contributed by atoms with van der Waals surface area (Å²) in [6.45, 7) is 4.88. The van der Waals surface area contributed by atoms with E-state index in [4.69, 9.17) is 0 Å². The number of likely N-dealkylation sites (N-methyl/N-ethyl adjacent to an activating group) is 1. The van der Waals surface area contributed by atoms with Crippen molar-refractivity contribution in [3.63, 3.8) is 0 Å². The molecule has 0 bridgehead atoms. The van der Waals surface area contributed by atoms with Crippen molar-refractivity contribution in [3.05, 3.63) is 42.0 Å². The number of nitrogens with zero attached hydrogens (tertiary/aromatic N) is 1. The van der Waals surface area contributed by atoms with E-state index in [0.29, 0.717) is 12.6 Å². The van der Waals surface area contributed by atoms with Crippen LogP contribution in [0.15, 0.2) is 30.8 Å². The Morgan fingerprint density at radius 2 is 1.95 bits per heavy atom. The first-order chi connectivity index (χ1) is 9.72. The fourth-order valence-electron chi connectivity index (χ4n) is 3.54. The van der Waals surface area contributed by atoms with E-state index in [0.717, 1.165) is 29.5 Å². The second kappa shape index (κ2) is 5.41. The maximum Gasteiger partial charge on any atom is 0.244 e. The van der Waals surface area contributed by atoms with Gasteiger partial charge in [0.25, 0.3) is 0 Å². The van der Waals surface area contributed by atoms with E-state index in [-0.39, 0.29) is 11.9 Å². The molecule has 1 atom stereocenters. The molecular weight excluding hydrogens is 248 g/mol. The molecule has 0 radical (unpaired) electrons. The van der Waals surface area contributed by atoms with Crippen LogP contribution >= 0.6 is 0 Å². The second-order valence-electron chi connectivity index (χ2n) is 5.82. The zero-order chi connectivity index (χ0) is 14.1. The summed E-state index contributed by atoms with van der Waals surface area (Å²) in [6, 6.07) is 8.28. The highest BCUT2D eigenvalue weighted by Crippen LogP contribution is 2.34. The molecule has 1 aliphatic heterocycles. The Bertz CT molecular complexity index is 532. The number of hydrogen-bond donors (Lipinski definition) is 1. The Kier molecular flexibility index (Phi) is 3.62. The summed E-state index contributed by atoms with van der Waals surface area (Å²) < 4.78 is 0. The van der Waals surface area contributed by atoms with Gasteiger partial charge >= 0.3 is 0 Å². The summed E-state index contributed by atoms with van der Waals surface area (Å²) in [5.41, 5.74) is 3.24. The lowest BCUT2D eigenvalue weighted by molar-refractivity contribution is -0.134. The molecule has 2 aliphatic rings. The van der Waals surface area contributed by atoms with Crippen molar-refractivity contribution < 1.29 is 4.79 Å². The molecule has 3 nitrogen and oxygen atoms in total. The van der Waals surface area contributed by atoms with Gasteiger partial charge in [-0.2, -0.15) is 0 Å². The minimum Gasteiger partial charge on any atom is -0.334 e. The lowest BCUT2D eigenvalue weighted by Gasteiger charge is -2.30. The molecule has 1 aromatic rings. The van der Waals surface area contributed by atoms with E-state index >= 15 is 0 Å². The van der Waals surface area contributed by atoms with Crippen LogP contribution in [0.25, 0.3) is 5.57 Å². The zero-order valence-corrected chi connectivity index (χ0v) is 12.1. The third-order valence-corrected chi connectivity index (χ3v) is 4.60. The fourth-order valence-corrected chi connectivity index (χ4v) is 3.54. The van der Waals surface area contributed by atoms with Gasteiger partial charge in [-0.15, -0.1) is 0 Å². The minimum absolute atomic E-state index is 0.200. The molecule has 3 heteroatoms. The molecule has 106 valence electrons. The van der Waals surface area contributed by atoms with Crippen LogP contribution in [0.2, 0.25) is 0 Å². The molecule has 0 aromatic heterocycles. The Labute approximate surface area is 120 Å². The molecule has 1 fully saturated rings. The third-order valence-electron chi connectivity index (χ3n) is 4.60. The van der Waals surface area contributed by atoms with Crippen LogP contribution in [0.3, 0.4) is 0 Å². The smallest absolute Gasteiger partial charge is 0.244 e. The Morgan fingerprint density at radius 1 is 1.25 bits per heavy atom. The monoisotopic (exact) mass is 270 g/mol. The normalized spacial score (nSPS) is 23.9. The number of amides is 1. The molecule has 1 heterocycles. The van der Waals surface area contributed by atoms with Gasteiger partial charge in [-0.1, -0.05) is 43.7 Å². The first-order valence-corrected chi connectivity index (χ1v) is 7.47. The van der Waals surface area contributed by atoms with Crippen LogP contribution in [-0.2, 0) is 4.79 Å². The van der Waals surface area contributed by atoms with Crippen LogP contribution in [0, 0.1) is 0 Å². The molecule has 1 amide bonds. The Hall–Kier alpha value is -1.61.